The Bertz CT molecular complexity index is 2120. The van der Waals surface area contributed by atoms with Crippen molar-refractivity contribution in [2.24, 2.45) is 5.10 Å². The van der Waals surface area contributed by atoms with E-state index in [0.717, 1.165) is 14.5 Å². The van der Waals surface area contributed by atoms with Gasteiger partial charge in [0, 0.05) is 22.5 Å². The van der Waals surface area contributed by atoms with Crippen molar-refractivity contribution in [1.29, 1.82) is 0 Å². The predicted octanol–water partition coefficient (Wildman–Crippen LogP) is 7.84. The van der Waals surface area contributed by atoms with Crippen LogP contribution in [0.15, 0.2) is 99.2 Å². The highest BCUT2D eigenvalue weighted by Gasteiger charge is 2.18. The lowest BCUT2D eigenvalue weighted by atomic mass is 10.2. The summed E-state index contributed by atoms with van der Waals surface area (Å²) < 4.78 is 20.0. The normalized spacial score (nSPS) is 11.4. The van der Waals surface area contributed by atoms with Crippen LogP contribution in [-0.2, 0) is 6.61 Å². The summed E-state index contributed by atoms with van der Waals surface area (Å²) in [4.78, 5) is 28.9. The number of nitro groups is 1. The number of nitrogens with zero attached hydrogens (tertiary/aromatic N) is 4. The van der Waals surface area contributed by atoms with E-state index in [2.05, 4.69) is 27.7 Å². The zero-order valence-corrected chi connectivity index (χ0v) is 26.0. The van der Waals surface area contributed by atoms with E-state index in [9.17, 15) is 14.9 Å². The third-order valence-corrected chi connectivity index (χ3v) is 7.67. The smallest absolute Gasteiger partial charge is 0.282 e. The average molecular weight is 721 g/mol. The highest BCUT2D eigenvalue weighted by atomic mass is 127. The number of fused-ring (bicyclic) bond motifs is 2. The molecule has 0 amide bonds. The average Bonchev–Trinajstić information content (AvgIpc) is 3.43. The van der Waals surface area contributed by atoms with E-state index in [0.29, 0.717) is 50.9 Å². The maximum atomic E-state index is 13.6. The molecule has 6 rings (SSSR count). The molecule has 4 aromatic carbocycles. The highest BCUT2D eigenvalue weighted by molar-refractivity contribution is 14.1. The second kappa shape index (κ2) is 12.5. The first-order valence-electron chi connectivity index (χ1n) is 13.4. The zero-order chi connectivity index (χ0) is 30.8. The molecule has 6 aromatic rings. The zero-order valence-electron chi connectivity index (χ0n) is 23.1. The van der Waals surface area contributed by atoms with E-state index < -0.39 is 4.92 Å². The summed E-state index contributed by atoms with van der Waals surface area (Å²) in [6.45, 7) is 2.44. The second-order valence-electron chi connectivity index (χ2n) is 9.58. The van der Waals surface area contributed by atoms with Gasteiger partial charge in [0.15, 0.2) is 17.3 Å². The predicted molar refractivity (Wildman–Crippen MR) is 177 cm³/mol. The van der Waals surface area contributed by atoms with E-state index in [1.807, 2.05) is 19.1 Å². The van der Waals surface area contributed by atoms with Crippen LogP contribution in [0.1, 0.15) is 18.1 Å². The van der Waals surface area contributed by atoms with Crippen LogP contribution in [0.4, 0.5) is 5.69 Å². The van der Waals surface area contributed by atoms with Crippen LogP contribution in [0.2, 0.25) is 5.02 Å². The monoisotopic (exact) mass is 720 g/mol. The Labute approximate surface area is 268 Å². The van der Waals surface area contributed by atoms with Gasteiger partial charge in [-0.3, -0.25) is 14.9 Å². The van der Waals surface area contributed by atoms with Crippen molar-refractivity contribution in [3.05, 3.63) is 125 Å². The molecule has 220 valence electrons. The molecule has 44 heavy (non-hydrogen) atoms. The van der Waals surface area contributed by atoms with Gasteiger partial charge >= 0.3 is 0 Å². The molecular formula is C32H22ClIN4O6. The minimum absolute atomic E-state index is 0.00979. The van der Waals surface area contributed by atoms with E-state index in [-0.39, 0.29) is 23.7 Å². The van der Waals surface area contributed by atoms with Crippen LogP contribution in [0, 0.1) is 13.7 Å². The summed E-state index contributed by atoms with van der Waals surface area (Å²) in [5, 5.41) is 17.3. The van der Waals surface area contributed by atoms with Gasteiger partial charge in [0.1, 0.15) is 12.2 Å². The van der Waals surface area contributed by atoms with Crippen molar-refractivity contribution in [1.82, 2.24) is 9.66 Å². The van der Waals surface area contributed by atoms with Crippen LogP contribution in [0.25, 0.3) is 33.5 Å². The Morgan fingerprint density at radius 3 is 2.64 bits per heavy atom. The molecule has 0 saturated heterocycles. The topological polar surface area (TPSA) is 122 Å². The van der Waals surface area contributed by atoms with E-state index in [1.54, 1.807) is 66.9 Å². The van der Waals surface area contributed by atoms with E-state index in [1.165, 1.54) is 16.8 Å². The Morgan fingerprint density at radius 2 is 1.86 bits per heavy atom. The van der Waals surface area contributed by atoms with Gasteiger partial charge in [-0.05, 0) is 101 Å². The fourth-order valence-corrected chi connectivity index (χ4v) is 5.54. The minimum Gasteiger partial charge on any atom is -0.490 e. The minimum atomic E-state index is -0.446. The van der Waals surface area contributed by atoms with E-state index in [4.69, 9.17) is 30.5 Å². The number of rotatable bonds is 9. The number of furan rings is 1. The molecule has 10 nitrogen and oxygen atoms in total. The molecule has 2 heterocycles. The third-order valence-electron chi connectivity index (χ3n) is 6.64. The summed E-state index contributed by atoms with van der Waals surface area (Å²) in [5.74, 6) is 1.61. The Kier molecular flexibility index (Phi) is 8.31. The summed E-state index contributed by atoms with van der Waals surface area (Å²) in [5.41, 5.74) is 2.19. The number of halogens is 2. The fraction of sp³-hybridized carbons (Fsp3) is 0.0938. The van der Waals surface area contributed by atoms with Crippen molar-refractivity contribution in [3.63, 3.8) is 0 Å². The van der Waals surface area contributed by atoms with Crippen LogP contribution in [0.3, 0.4) is 0 Å². The van der Waals surface area contributed by atoms with Crippen molar-refractivity contribution >= 4 is 68.0 Å². The SMILES string of the molecule is CCOc1cc(C=Nn2c(-c3cc4cc(Cl)ccc4o3)nc3ccccc3c2=O)cc(I)c1OCc1ccc([N+](=O)[O-])cc1. The van der Waals surface area contributed by atoms with Crippen molar-refractivity contribution < 1.29 is 18.8 Å². The number of ether oxygens (including phenoxy) is 2. The lowest BCUT2D eigenvalue weighted by Crippen LogP contribution is -2.20. The second-order valence-corrected chi connectivity index (χ2v) is 11.2. The fourth-order valence-electron chi connectivity index (χ4n) is 4.57. The first kappa shape index (κ1) is 29.3. The molecule has 0 aliphatic rings. The van der Waals surface area contributed by atoms with Crippen LogP contribution >= 0.6 is 34.2 Å². The van der Waals surface area contributed by atoms with Gasteiger partial charge in [-0.15, -0.1) is 0 Å². The summed E-state index contributed by atoms with van der Waals surface area (Å²) in [6, 6.07) is 23.9. The summed E-state index contributed by atoms with van der Waals surface area (Å²) in [7, 11) is 0. The lowest BCUT2D eigenvalue weighted by molar-refractivity contribution is -0.384. The number of hydrogen-bond acceptors (Lipinski definition) is 8. The number of nitro benzene ring substituents is 1. The van der Waals surface area contributed by atoms with Crippen molar-refractivity contribution in [2.75, 3.05) is 6.61 Å². The molecule has 0 radical (unpaired) electrons. The van der Waals surface area contributed by atoms with Crippen LogP contribution in [0.5, 0.6) is 11.5 Å². The molecule has 0 aliphatic heterocycles. The highest BCUT2D eigenvalue weighted by Crippen LogP contribution is 2.35. The van der Waals surface area contributed by atoms with Crippen LogP contribution < -0.4 is 15.0 Å². The Balaban J connectivity index is 1.37. The number of hydrogen-bond donors (Lipinski definition) is 0. The molecule has 0 unspecified atom stereocenters. The summed E-state index contributed by atoms with van der Waals surface area (Å²) in [6.07, 6.45) is 1.55. The molecule has 12 heteroatoms. The first-order valence-corrected chi connectivity index (χ1v) is 14.8. The number of aromatic nitrogens is 2. The maximum absolute atomic E-state index is 13.6. The molecule has 0 aliphatic carbocycles. The molecular weight excluding hydrogens is 699 g/mol. The Morgan fingerprint density at radius 1 is 1.07 bits per heavy atom. The molecule has 2 aromatic heterocycles. The quantitative estimate of drug-likeness (QED) is 0.0646. The van der Waals surface area contributed by atoms with Crippen molar-refractivity contribution in [2.45, 2.75) is 13.5 Å². The van der Waals surface area contributed by atoms with Gasteiger partial charge < -0.3 is 13.9 Å². The summed E-state index contributed by atoms with van der Waals surface area (Å²) >= 11 is 8.32. The van der Waals surface area contributed by atoms with E-state index >= 15 is 0 Å². The van der Waals surface area contributed by atoms with Gasteiger partial charge in [-0.1, -0.05) is 23.7 Å². The van der Waals surface area contributed by atoms with Gasteiger partial charge in [-0.2, -0.15) is 9.78 Å². The maximum Gasteiger partial charge on any atom is 0.282 e. The first-order chi connectivity index (χ1) is 21.3. The molecule has 0 atom stereocenters. The van der Waals surface area contributed by atoms with Gasteiger partial charge in [0.2, 0.25) is 5.82 Å². The van der Waals surface area contributed by atoms with Crippen LogP contribution in [-0.4, -0.2) is 27.4 Å². The lowest BCUT2D eigenvalue weighted by Gasteiger charge is -2.15. The standard InChI is InChI=1S/C32H22ClIN4O6/c1-2-42-28-14-20(13-25(34)30(28)43-18-19-7-10-23(11-8-19)38(40)41)17-35-37-31(36-26-6-4-3-5-24(26)32(37)39)29-16-21-15-22(33)9-12-27(21)44-29/h3-17H,2,18H2,1H3. The third kappa shape index (κ3) is 6.01. The molecule has 0 bridgehead atoms. The molecule has 0 saturated carbocycles. The number of para-hydroxylation sites is 1. The van der Waals surface area contributed by atoms with Gasteiger partial charge in [0.05, 0.1) is 32.2 Å². The molecule has 0 spiro atoms. The Hall–Kier alpha value is -4.75. The largest absolute Gasteiger partial charge is 0.490 e. The van der Waals surface area contributed by atoms with Crippen molar-refractivity contribution in [3.8, 4) is 23.1 Å². The van der Waals surface area contributed by atoms with Gasteiger partial charge in [0.25, 0.3) is 11.2 Å². The molecule has 0 fully saturated rings. The van der Waals surface area contributed by atoms with Gasteiger partial charge in [-0.25, -0.2) is 4.98 Å². The number of non-ortho nitro benzene ring substituents is 1. The molecule has 0 N–H and O–H groups in total. The number of benzene rings is 4.